The normalized spacial score (nSPS) is 15.2. The zero-order chi connectivity index (χ0) is 14.9. The van der Waals surface area contributed by atoms with E-state index in [1.807, 2.05) is 0 Å². The van der Waals surface area contributed by atoms with Crippen molar-refractivity contribution in [2.75, 3.05) is 0 Å². The van der Waals surface area contributed by atoms with E-state index in [1.165, 1.54) is 0 Å². The van der Waals surface area contributed by atoms with E-state index in [9.17, 15) is 31.1 Å². The Balaban J connectivity index is 5.38. The first kappa shape index (κ1) is 16.8. The predicted molar refractivity (Wildman–Crippen MR) is 47.4 cm³/mol. The quantitative estimate of drug-likeness (QED) is 0.490. The molecular formula is C9H10F6O3. The van der Waals surface area contributed by atoms with Gasteiger partial charge in [0.25, 0.3) is 5.60 Å². The fourth-order valence-corrected chi connectivity index (χ4v) is 0.968. The Morgan fingerprint density at radius 3 is 1.72 bits per heavy atom. The average Bonchev–Trinajstić information content (AvgIpc) is 2.12. The lowest BCUT2D eigenvalue weighted by Crippen LogP contribution is -2.64. The second-order valence-corrected chi connectivity index (χ2v) is 3.59. The molecule has 0 aliphatic carbocycles. The second-order valence-electron chi connectivity index (χ2n) is 3.59. The van der Waals surface area contributed by atoms with Crippen molar-refractivity contribution >= 4 is 5.97 Å². The van der Waals surface area contributed by atoms with Crippen LogP contribution in [0.5, 0.6) is 0 Å². The molecule has 0 aromatic carbocycles. The summed E-state index contributed by atoms with van der Waals surface area (Å²) in [5, 5.41) is 8.83. The Morgan fingerprint density at radius 1 is 1.17 bits per heavy atom. The summed E-state index contributed by atoms with van der Waals surface area (Å²) in [4.78, 5) is 10.9. The van der Waals surface area contributed by atoms with E-state index < -0.39 is 35.6 Å². The largest absolute Gasteiger partial charge is 0.455 e. The van der Waals surface area contributed by atoms with Crippen LogP contribution in [0.4, 0.5) is 26.3 Å². The highest BCUT2D eigenvalue weighted by Crippen LogP contribution is 2.46. The van der Waals surface area contributed by atoms with E-state index in [0.29, 0.717) is 6.92 Å². The SMILES string of the molecule is C=C(C)C(=O)O[C@H](C)C(O)(C(F)(F)F)C(F)(F)F. The molecule has 18 heavy (non-hydrogen) atoms. The van der Waals surface area contributed by atoms with Crippen LogP contribution in [0.3, 0.4) is 0 Å². The van der Waals surface area contributed by atoms with Gasteiger partial charge in [-0.1, -0.05) is 6.58 Å². The molecule has 0 rings (SSSR count). The third-order valence-electron chi connectivity index (χ3n) is 2.08. The van der Waals surface area contributed by atoms with Crippen molar-refractivity contribution in [3.05, 3.63) is 12.2 Å². The molecular weight excluding hydrogens is 270 g/mol. The maximum Gasteiger partial charge on any atom is 0.430 e. The molecule has 106 valence electrons. The first-order valence-corrected chi connectivity index (χ1v) is 4.47. The van der Waals surface area contributed by atoms with Crippen LogP contribution in [0.15, 0.2) is 12.2 Å². The third kappa shape index (κ3) is 2.95. The maximum absolute atomic E-state index is 12.3. The average molecular weight is 280 g/mol. The van der Waals surface area contributed by atoms with Gasteiger partial charge < -0.3 is 9.84 Å². The first-order valence-electron chi connectivity index (χ1n) is 4.47. The molecule has 0 heterocycles. The standard InChI is InChI=1S/C9H10F6O3/c1-4(2)6(16)18-5(3)7(17,8(10,11)12)9(13,14)15/h5,17H,1H2,2-3H3/t5-/m1/s1. The summed E-state index contributed by atoms with van der Waals surface area (Å²) >= 11 is 0. The molecule has 0 aromatic rings. The molecule has 0 aliphatic heterocycles. The minimum absolute atomic E-state index is 0.293. The molecule has 0 radical (unpaired) electrons. The van der Waals surface area contributed by atoms with Crippen LogP contribution >= 0.6 is 0 Å². The summed E-state index contributed by atoms with van der Waals surface area (Å²) in [6, 6.07) is 0. The Labute approximate surface area is 98.0 Å². The summed E-state index contributed by atoms with van der Waals surface area (Å²) in [6.07, 6.45) is -14.9. The van der Waals surface area contributed by atoms with Gasteiger partial charge in [-0.3, -0.25) is 0 Å². The van der Waals surface area contributed by atoms with Crippen molar-refractivity contribution < 1.29 is 41.0 Å². The fourth-order valence-electron chi connectivity index (χ4n) is 0.968. The van der Waals surface area contributed by atoms with Gasteiger partial charge in [0.2, 0.25) is 0 Å². The van der Waals surface area contributed by atoms with Gasteiger partial charge in [0.15, 0.2) is 0 Å². The fraction of sp³-hybridized carbons (Fsp3) is 0.667. The van der Waals surface area contributed by atoms with Gasteiger partial charge in [0.05, 0.1) is 0 Å². The lowest BCUT2D eigenvalue weighted by molar-refractivity contribution is -0.389. The summed E-state index contributed by atoms with van der Waals surface area (Å²) in [7, 11) is 0. The third-order valence-corrected chi connectivity index (χ3v) is 2.08. The number of ether oxygens (including phenoxy) is 1. The highest BCUT2D eigenvalue weighted by atomic mass is 19.4. The maximum atomic E-state index is 12.3. The number of alkyl halides is 6. The molecule has 1 N–H and O–H groups in total. The van der Waals surface area contributed by atoms with Gasteiger partial charge in [-0.15, -0.1) is 0 Å². The van der Waals surface area contributed by atoms with Crippen molar-refractivity contribution in [2.45, 2.75) is 37.9 Å². The zero-order valence-corrected chi connectivity index (χ0v) is 9.32. The summed E-state index contributed by atoms with van der Waals surface area (Å²) in [5.74, 6) is -1.46. The lowest BCUT2D eigenvalue weighted by Gasteiger charge is -2.36. The van der Waals surface area contributed by atoms with Gasteiger partial charge in [-0.05, 0) is 13.8 Å². The summed E-state index contributed by atoms with van der Waals surface area (Å²) in [5.41, 5.74) is -5.53. The number of hydrogen-bond acceptors (Lipinski definition) is 3. The van der Waals surface area contributed by atoms with Gasteiger partial charge in [-0.25, -0.2) is 4.79 Å². The minimum Gasteiger partial charge on any atom is -0.455 e. The first-order chi connectivity index (χ1) is 7.75. The van der Waals surface area contributed by atoms with E-state index in [1.54, 1.807) is 0 Å². The van der Waals surface area contributed by atoms with Crippen molar-refractivity contribution in [1.82, 2.24) is 0 Å². The molecule has 9 heteroatoms. The van der Waals surface area contributed by atoms with Gasteiger partial charge in [0, 0.05) is 5.57 Å². The molecule has 0 saturated carbocycles. The predicted octanol–water partition coefficient (Wildman–Crippen LogP) is 2.35. The topological polar surface area (TPSA) is 46.5 Å². The molecule has 0 saturated heterocycles. The minimum atomic E-state index is -6.04. The number of halogens is 6. The molecule has 3 nitrogen and oxygen atoms in total. The van der Waals surface area contributed by atoms with Crippen LogP contribution in [0, 0.1) is 0 Å². The second kappa shape index (κ2) is 4.79. The molecule has 0 aromatic heterocycles. The van der Waals surface area contributed by atoms with Gasteiger partial charge in [-0.2, -0.15) is 26.3 Å². The van der Waals surface area contributed by atoms with Crippen molar-refractivity contribution in [3.8, 4) is 0 Å². The smallest absolute Gasteiger partial charge is 0.430 e. The van der Waals surface area contributed by atoms with Crippen LogP contribution in [0.25, 0.3) is 0 Å². The number of carbonyl (C=O) groups is 1. The molecule has 0 bridgehead atoms. The van der Waals surface area contributed by atoms with E-state index in [4.69, 9.17) is 5.11 Å². The van der Waals surface area contributed by atoms with Crippen LogP contribution in [-0.4, -0.2) is 35.1 Å². The monoisotopic (exact) mass is 280 g/mol. The summed E-state index contributed by atoms with van der Waals surface area (Å²) < 4.78 is 77.8. The van der Waals surface area contributed by atoms with E-state index in [-0.39, 0.29) is 0 Å². The molecule has 0 amide bonds. The summed E-state index contributed by atoms with van der Waals surface area (Å²) in [6.45, 7) is 4.33. The number of aliphatic hydroxyl groups is 1. The van der Waals surface area contributed by atoms with Gasteiger partial charge >= 0.3 is 18.3 Å². The van der Waals surface area contributed by atoms with Crippen LogP contribution in [0.2, 0.25) is 0 Å². The number of rotatable bonds is 3. The highest BCUT2D eigenvalue weighted by Gasteiger charge is 2.74. The molecule has 0 fully saturated rings. The molecule has 0 aliphatic rings. The number of hydrogen-bond donors (Lipinski definition) is 1. The van der Waals surface area contributed by atoms with Crippen molar-refractivity contribution in [2.24, 2.45) is 0 Å². The van der Waals surface area contributed by atoms with Crippen LogP contribution < -0.4 is 0 Å². The Bertz CT molecular complexity index is 329. The lowest BCUT2D eigenvalue weighted by atomic mass is 9.96. The molecule has 0 unspecified atom stereocenters. The van der Waals surface area contributed by atoms with Crippen LogP contribution in [-0.2, 0) is 9.53 Å². The Hall–Kier alpha value is -1.25. The van der Waals surface area contributed by atoms with Crippen molar-refractivity contribution in [1.29, 1.82) is 0 Å². The van der Waals surface area contributed by atoms with E-state index in [0.717, 1.165) is 6.92 Å². The van der Waals surface area contributed by atoms with Crippen LogP contribution in [0.1, 0.15) is 13.8 Å². The number of esters is 1. The molecule has 1 atom stereocenters. The van der Waals surface area contributed by atoms with E-state index >= 15 is 0 Å². The Kier molecular flexibility index (Phi) is 4.46. The molecule has 0 spiro atoms. The van der Waals surface area contributed by atoms with Gasteiger partial charge in [0.1, 0.15) is 6.10 Å². The highest BCUT2D eigenvalue weighted by molar-refractivity contribution is 5.87. The van der Waals surface area contributed by atoms with Crippen molar-refractivity contribution in [3.63, 3.8) is 0 Å². The number of carbonyl (C=O) groups excluding carboxylic acids is 1. The Morgan fingerprint density at radius 2 is 1.50 bits per heavy atom. The zero-order valence-electron chi connectivity index (χ0n) is 9.32. The van der Waals surface area contributed by atoms with E-state index in [2.05, 4.69) is 11.3 Å².